The van der Waals surface area contributed by atoms with Gasteiger partial charge < -0.3 is 20.1 Å². The number of methoxy groups -OCH3 is 1. The standard InChI is InChI=1S/C17H26N2O3/c1-4-8-19-16(20)11-13(18)17(19)12-6-7-14(22-9-5-2)15(10-12)21-3/h6-7,10,13,17H,4-5,8-9,11,18H2,1-3H3. The van der Waals surface area contributed by atoms with Crippen molar-refractivity contribution in [2.45, 2.75) is 45.2 Å². The number of benzene rings is 1. The zero-order valence-corrected chi connectivity index (χ0v) is 13.7. The summed E-state index contributed by atoms with van der Waals surface area (Å²) in [6.45, 7) is 5.51. The first kappa shape index (κ1) is 16.6. The SMILES string of the molecule is CCCOc1ccc(C2C(N)CC(=O)N2CCC)cc1OC. The lowest BCUT2D eigenvalue weighted by Gasteiger charge is -2.27. The fraction of sp³-hybridized carbons (Fsp3) is 0.588. The maximum absolute atomic E-state index is 12.1. The van der Waals surface area contributed by atoms with Crippen LogP contribution in [0.1, 0.15) is 44.7 Å². The van der Waals surface area contributed by atoms with E-state index in [1.165, 1.54) is 0 Å². The Morgan fingerprint density at radius 1 is 1.27 bits per heavy atom. The molecule has 2 atom stereocenters. The van der Waals surface area contributed by atoms with E-state index in [9.17, 15) is 4.79 Å². The van der Waals surface area contributed by atoms with Crippen LogP contribution in [0.3, 0.4) is 0 Å². The summed E-state index contributed by atoms with van der Waals surface area (Å²) >= 11 is 0. The number of carbonyl (C=O) groups is 1. The molecule has 1 aromatic rings. The van der Waals surface area contributed by atoms with Crippen LogP contribution >= 0.6 is 0 Å². The van der Waals surface area contributed by atoms with Gasteiger partial charge in [0.1, 0.15) is 0 Å². The molecule has 5 heteroatoms. The summed E-state index contributed by atoms with van der Waals surface area (Å²) in [5, 5.41) is 0. The van der Waals surface area contributed by atoms with Crippen molar-refractivity contribution >= 4 is 5.91 Å². The van der Waals surface area contributed by atoms with Gasteiger partial charge in [-0.1, -0.05) is 19.9 Å². The highest BCUT2D eigenvalue weighted by Gasteiger charge is 2.38. The third-order valence-corrected chi connectivity index (χ3v) is 3.93. The smallest absolute Gasteiger partial charge is 0.224 e. The molecule has 0 aromatic heterocycles. The van der Waals surface area contributed by atoms with Gasteiger partial charge in [-0.15, -0.1) is 0 Å². The van der Waals surface area contributed by atoms with Crippen LogP contribution in [-0.4, -0.2) is 37.1 Å². The minimum absolute atomic E-state index is 0.0819. The van der Waals surface area contributed by atoms with Crippen LogP contribution in [0.4, 0.5) is 0 Å². The molecule has 0 aliphatic carbocycles. The van der Waals surface area contributed by atoms with Crippen molar-refractivity contribution in [3.63, 3.8) is 0 Å². The molecule has 2 rings (SSSR count). The van der Waals surface area contributed by atoms with E-state index < -0.39 is 0 Å². The van der Waals surface area contributed by atoms with Crippen molar-refractivity contribution in [3.8, 4) is 11.5 Å². The zero-order valence-electron chi connectivity index (χ0n) is 13.7. The molecule has 0 bridgehead atoms. The average Bonchev–Trinajstić information content (AvgIpc) is 2.79. The van der Waals surface area contributed by atoms with Crippen molar-refractivity contribution in [1.29, 1.82) is 0 Å². The highest BCUT2D eigenvalue weighted by molar-refractivity contribution is 5.80. The highest BCUT2D eigenvalue weighted by atomic mass is 16.5. The lowest BCUT2D eigenvalue weighted by molar-refractivity contribution is -0.129. The second-order valence-electron chi connectivity index (χ2n) is 5.66. The normalized spacial score (nSPS) is 21.3. The van der Waals surface area contributed by atoms with E-state index in [0.29, 0.717) is 18.8 Å². The van der Waals surface area contributed by atoms with E-state index in [2.05, 4.69) is 13.8 Å². The number of rotatable bonds is 7. The summed E-state index contributed by atoms with van der Waals surface area (Å²) in [7, 11) is 1.63. The Bertz CT molecular complexity index is 519. The third kappa shape index (κ3) is 3.35. The molecule has 1 aromatic carbocycles. The van der Waals surface area contributed by atoms with E-state index in [1.807, 2.05) is 23.1 Å². The van der Waals surface area contributed by atoms with Gasteiger partial charge in [0.2, 0.25) is 5.91 Å². The Hall–Kier alpha value is -1.75. The van der Waals surface area contributed by atoms with Crippen molar-refractivity contribution in [2.24, 2.45) is 5.73 Å². The Kier molecular flexibility index (Phi) is 5.66. The van der Waals surface area contributed by atoms with E-state index in [1.54, 1.807) is 7.11 Å². The summed E-state index contributed by atoms with van der Waals surface area (Å²) in [4.78, 5) is 14.0. The van der Waals surface area contributed by atoms with Crippen LogP contribution in [0.2, 0.25) is 0 Å². The summed E-state index contributed by atoms with van der Waals surface area (Å²) in [6, 6.07) is 5.58. The summed E-state index contributed by atoms with van der Waals surface area (Å²) in [6.07, 6.45) is 2.27. The van der Waals surface area contributed by atoms with Gasteiger partial charge >= 0.3 is 0 Å². The van der Waals surface area contributed by atoms with Crippen LogP contribution in [-0.2, 0) is 4.79 Å². The van der Waals surface area contributed by atoms with Gasteiger partial charge in [-0.3, -0.25) is 4.79 Å². The van der Waals surface area contributed by atoms with Crippen LogP contribution in [0.5, 0.6) is 11.5 Å². The molecular weight excluding hydrogens is 280 g/mol. The third-order valence-electron chi connectivity index (χ3n) is 3.93. The molecule has 2 N–H and O–H groups in total. The number of ether oxygens (including phenoxy) is 2. The van der Waals surface area contributed by atoms with Crippen molar-refractivity contribution in [2.75, 3.05) is 20.3 Å². The number of nitrogens with two attached hydrogens (primary N) is 1. The fourth-order valence-corrected chi connectivity index (χ4v) is 2.95. The average molecular weight is 306 g/mol. The maximum atomic E-state index is 12.1. The largest absolute Gasteiger partial charge is 0.493 e. The first-order chi connectivity index (χ1) is 10.6. The Morgan fingerprint density at radius 3 is 2.68 bits per heavy atom. The molecule has 22 heavy (non-hydrogen) atoms. The predicted octanol–water partition coefficient (Wildman–Crippen LogP) is 2.49. The second-order valence-corrected chi connectivity index (χ2v) is 5.66. The van der Waals surface area contributed by atoms with E-state index in [4.69, 9.17) is 15.2 Å². The summed E-state index contributed by atoms with van der Waals surface area (Å²) < 4.78 is 11.1. The topological polar surface area (TPSA) is 64.8 Å². The molecule has 2 unspecified atom stereocenters. The van der Waals surface area contributed by atoms with E-state index in [0.717, 1.165) is 30.7 Å². The minimum atomic E-state index is -0.175. The van der Waals surface area contributed by atoms with Gasteiger partial charge in [-0.2, -0.15) is 0 Å². The van der Waals surface area contributed by atoms with Crippen molar-refractivity contribution < 1.29 is 14.3 Å². The first-order valence-electron chi connectivity index (χ1n) is 7.98. The predicted molar refractivity (Wildman–Crippen MR) is 86.1 cm³/mol. The molecular formula is C17H26N2O3. The molecule has 0 radical (unpaired) electrons. The molecule has 1 heterocycles. The van der Waals surface area contributed by atoms with Gasteiger partial charge in [-0.25, -0.2) is 0 Å². The molecule has 1 aliphatic heterocycles. The van der Waals surface area contributed by atoms with Crippen LogP contribution in [0.25, 0.3) is 0 Å². The maximum Gasteiger partial charge on any atom is 0.224 e. The fourth-order valence-electron chi connectivity index (χ4n) is 2.95. The molecule has 1 fully saturated rings. The molecule has 1 aliphatic rings. The lowest BCUT2D eigenvalue weighted by Crippen LogP contribution is -2.33. The number of hydrogen-bond acceptors (Lipinski definition) is 4. The van der Waals surface area contributed by atoms with Gasteiger partial charge in [0, 0.05) is 19.0 Å². The van der Waals surface area contributed by atoms with Crippen LogP contribution in [0, 0.1) is 0 Å². The molecule has 0 spiro atoms. The Labute approximate surface area is 132 Å². The monoisotopic (exact) mass is 306 g/mol. The molecule has 5 nitrogen and oxygen atoms in total. The van der Waals surface area contributed by atoms with Crippen molar-refractivity contribution in [3.05, 3.63) is 23.8 Å². The summed E-state index contributed by atoms with van der Waals surface area (Å²) in [5.74, 6) is 1.55. The Balaban J connectivity index is 2.28. The second kappa shape index (κ2) is 7.49. The summed E-state index contributed by atoms with van der Waals surface area (Å²) in [5.41, 5.74) is 7.20. The van der Waals surface area contributed by atoms with E-state index >= 15 is 0 Å². The van der Waals surface area contributed by atoms with Gasteiger partial charge in [0.25, 0.3) is 0 Å². The lowest BCUT2D eigenvalue weighted by atomic mass is 10.00. The molecule has 1 amide bonds. The number of nitrogens with zero attached hydrogens (tertiary/aromatic N) is 1. The molecule has 0 saturated carbocycles. The highest BCUT2D eigenvalue weighted by Crippen LogP contribution is 2.37. The number of amides is 1. The minimum Gasteiger partial charge on any atom is -0.493 e. The molecule has 122 valence electrons. The quantitative estimate of drug-likeness (QED) is 0.840. The number of hydrogen-bond donors (Lipinski definition) is 1. The van der Waals surface area contributed by atoms with Crippen molar-refractivity contribution in [1.82, 2.24) is 4.90 Å². The number of likely N-dealkylation sites (tertiary alicyclic amines) is 1. The number of carbonyl (C=O) groups excluding carboxylic acids is 1. The van der Waals surface area contributed by atoms with Gasteiger partial charge in [-0.05, 0) is 30.5 Å². The Morgan fingerprint density at radius 2 is 2.05 bits per heavy atom. The van der Waals surface area contributed by atoms with Crippen LogP contribution in [0.15, 0.2) is 18.2 Å². The zero-order chi connectivity index (χ0) is 16.1. The van der Waals surface area contributed by atoms with Gasteiger partial charge in [0.05, 0.1) is 19.8 Å². The first-order valence-corrected chi connectivity index (χ1v) is 7.98. The molecule has 1 saturated heterocycles. The van der Waals surface area contributed by atoms with E-state index in [-0.39, 0.29) is 18.0 Å². The van der Waals surface area contributed by atoms with Gasteiger partial charge in [0.15, 0.2) is 11.5 Å². The van der Waals surface area contributed by atoms with Crippen LogP contribution < -0.4 is 15.2 Å².